The van der Waals surface area contributed by atoms with E-state index in [2.05, 4.69) is 8.15 Å². The van der Waals surface area contributed by atoms with Gasteiger partial charge < -0.3 is 9.79 Å². The molecule has 0 aromatic carbocycles. The first kappa shape index (κ1) is 8.42. The van der Waals surface area contributed by atoms with Crippen LogP contribution >= 0.6 is 20.1 Å². The van der Waals surface area contributed by atoms with Crippen molar-refractivity contribution in [2.45, 2.75) is 0 Å². The molecule has 0 aliphatic carbocycles. The van der Waals surface area contributed by atoms with Crippen LogP contribution in [0.15, 0.2) is 0 Å². The zero-order valence-electron chi connectivity index (χ0n) is 3.97. The lowest BCUT2D eigenvalue weighted by atomic mass is 11.8. The van der Waals surface area contributed by atoms with Gasteiger partial charge in [-0.15, -0.1) is 0 Å². The molecule has 0 atom stereocenters. The Kier molecular flexibility index (Phi) is 3.63. The Morgan fingerprint density at radius 1 is 1.62 bits per heavy atom. The molecule has 0 radical (unpaired) electrons. The van der Waals surface area contributed by atoms with E-state index >= 15 is 0 Å². The maximum absolute atomic E-state index is 9.76. The number of hydrogen-bond donors (Lipinski definition) is 2. The van der Waals surface area contributed by atoms with Gasteiger partial charge in [0.05, 0.1) is 7.11 Å². The molecular formula is CH5O5PS. The highest BCUT2D eigenvalue weighted by Crippen LogP contribution is 2.40. The summed E-state index contributed by atoms with van der Waals surface area (Å²) in [5, 5.41) is 0. The highest BCUT2D eigenvalue weighted by atomic mass is 32.2. The van der Waals surface area contributed by atoms with E-state index in [-0.39, 0.29) is 12.3 Å². The minimum absolute atomic E-state index is 0.252. The van der Waals surface area contributed by atoms with Crippen LogP contribution < -0.4 is 0 Å². The lowest BCUT2D eigenvalue weighted by Gasteiger charge is -1.98. The van der Waals surface area contributed by atoms with Gasteiger partial charge in [-0.1, -0.05) is 0 Å². The van der Waals surface area contributed by atoms with Gasteiger partial charge in [-0.25, -0.2) is 4.57 Å². The molecule has 0 heterocycles. The summed E-state index contributed by atoms with van der Waals surface area (Å²) in [4.78, 5) is 15.9. The van der Waals surface area contributed by atoms with E-state index in [4.69, 9.17) is 9.79 Å². The molecule has 0 spiro atoms. The Labute approximate surface area is 50.6 Å². The predicted molar refractivity (Wildman–Crippen MR) is 27.7 cm³/mol. The van der Waals surface area contributed by atoms with Crippen molar-refractivity contribution in [3.63, 3.8) is 0 Å². The molecule has 8 heavy (non-hydrogen) atoms. The van der Waals surface area contributed by atoms with E-state index in [0.29, 0.717) is 0 Å². The second-order valence-electron chi connectivity index (χ2n) is 0.800. The van der Waals surface area contributed by atoms with Gasteiger partial charge in [0.2, 0.25) is 0 Å². The SMILES string of the molecule is COSOP(=O)(O)O. The van der Waals surface area contributed by atoms with Gasteiger partial charge >= 0.3 is 7.82 Å². The van der Waals surface area contributed by atoms with E-state index < -0.39 is 7.82 Å². The van der Waals surface area contributed by atoms with Crippen LogP contribution in [0.1, 0.15) is 0 Å². The normalized spacial score (nSPS) is 11.9. The number of phosphoric acid groups is 1. The smallest absolute Gasteiger partial charge is 0.302 e. The summed E-state index contributed by atoms with van der Waals surface area (Å²) in [5.74, 6) is 0. The summed E-state index contributed by atoms with van der Waals surface area (Å²) in [6, 6.07) is 0. The summed E-state index contributed by atoms with van der Waals surface area (Å²) in [6.45, 7) is 0. The monoisotopic (exact) mass is 160 g/mol. The predicted octanol–water partition coefficient (Wildman–Crippen LogP) is 0.305. The first-order valence-corrected chi connectivity index (χ1v) is 3.70. The van der Waals surface area contributed by atoms with Crippen LogP contribution in [0.3, 0.4) is 0 Å². The first-order valence-electron chi connectivity index (χ1n) is 1.51. The maximum Gasteiger partial charge on any atom is 0.482 e. The largest absolute Gasteiger partial charge is 0.482 e. The Morgan fingerprint density at radius 3 is 2.25 bits per heavy atom. The van der Waals surface area contributed by atoms with Gasteiger partial charge in [-0.3, -0.25) is 4.18 Å². The lowest BCUT2D eigenvalue weighted by Crippen LogP contribution is -1.77. The Hall–Kier alpha value is 0.420. The van der Waals surface area contributed by atoms with Crippen LogP contribution in [-0.2, 0) is 12.7 Å². The van der Waals surface area contributed by atoms with Crippen molar-refractivity contribution in [3.8, 4) is 0 Å². The molecule has 5 nitrogen and oxygen atoms in total. The zero-order valence-corrected chi connectivity index (χ0v) is 5.69. The molecule has 0 amide bonds. The van der Waals surface area contributed by atoms with Crippen molar-refractivity contribution in [1.82, 2.24) is 0 Å². The third-order valence-electron chi connectivity index (χ3n) is 0.196. The van der Waals surface area contributed by atoms with Crippen molar-refractivity contribution < 1.29 is 22.5 Å². The summed E-state index contributed by atoms with van der Waals surface area (Å²) in [6.07, 6.45) is 0. The molecule has 50 valence electrons. The van der Waals surface area contributed by atoms with Crippen LogP contribution in [0.5, 0.6) is 0 Å². The fraction of sp³-hybridized carbons (Fsp3) is 1.00. The molecule has 7 heteroatoms. The third-order valence-corrected chi connectivity index (χ3v) is 1.35. The van der Waals surface area contributed by atoms with Crippen LogP contribution in [0, 0.1) is 0 Å². The highest BCUT2D eigenvalue weighted by molar-refractivity contribution is 7.93. The molecule has 0 rings (SSSR count). The molecule has 2 N–H and O–H groups in total. The Bertz CT molecular complexity index is 96.6. The van der Waals surface area contributed by atoms with Crippen LogP contribution in [0.4, 0.5) is 0 Å². The summed E-state index contributed by atoms with van der Waals surface area (Å²) < 4.78 is 17.6. The third kappa shape index (κ3) is 6.42. The van der Waals surface area contributed by atoms with Crippen molar-refractivity contribution in [1.29, 1.82) is 0 Å². The highest BCUT2D eigenvalue weighted by Gasteiger charge is 2.13. The molecule has 0 aliphatic rings. The Morgan fingerprint density at radius 2 is 2.12 bits per heavy atom. The van der Waals surface area contributed by atoms with Gasteiger partial charge in [-0.05, 0) is 0 Å². The van der Waals surface area contributed by atoms with E-state index in [1.54, 1.807) is 0 Å². The van der Waals surface area contributed by atoms with Gasteiger partial charge in [0.15, 0.2) is 12.3 Å². The minimum atomic E-state index is -4.34. The molecule has 0 bridgehead atoms. The number of rotatable bonds is 3. The molecule has 0 saturated carbocycles. The molecule has 0 aromatic heterocycles. The summed E-state index contributed by atoms with van der Waals surface area (Å²) >= 11 is 0.252. The summed E-state index contributed by atoms with van der Waals surface area (Å²) in [7, 11) is -3.11. The average Bonchev–Trinajstić information content (AvgIpc) is 1.59. The molecule has 0 aromatic rings. The fourth-order valence-corrected chi connectivity index (χ4v) is 0.631. The van der Waals surface area contributed by atoms with Gasteiger partial charge in [-0.2, -0.15) is 3.97 Å². The van der Waals surface area contributed by atoms with Crippen molar-refractivity contribution >= 4 is 20.1 Å². The van der Waals surface area contributed by atoms with Crippen molar-refractivity contribution in [2.24, 2.45) is 0 Å². The Balaban J connectivity index is 3.26. The van der Waals surface area contributed by atoms with Crippen LogP contribution in [-0.4, -0.2) is 16.9 Å². The van der Waals surface area contributed by atoms with Gasteiger partial charge in [0.25, 0.3) is 0 Å². The second kappa shape index (κ2) is 3.45. The van der Waals surface area contributed by atoms with E-state index in [9.17, 15) is 4.57 Å². The molecule has 0 fully saturated rings. The lowest BCUT2D eigenvalue weighted by molar-refractivity contribution is 0.287. The molecular weight excluding hydrogens is 155 g/mol. The fourth-order valence-electron chi connectivity index (χ4n) is 0.0701. The zero-order chi connectivity index (χ0) is 6.62. The van der Waals surface area contributed by atoms with Gasteiger partial charge in [0.1, 0.15) is 0 Å². The van der Waals surface area contributed by atoms with Crippen LogP contribution in [0.2, 0.25) is 0 Å². The minimum Gasteiger partial charge on any atom is -0.302 e. The molecule has 0 unspecified atom stereocenters. The topological polar surface area (TPSA) is 76.0 Å². The quantitative estimate of drug-likeness (QED) is 0.457. The average molecular weight is 160 g/mol. The van der Waals surface area contributed by atoms with Crippen molar-refractivity contribution in [2.75, 3.05) is 7.11 Å². The van der Waals surface area contributed by atoms with Crippen molar-refractivity contribution in [3.05, 3.63) is 0 Å². The maximum atomic E-state index is 9.76. The molecule has 0 saturated heterocycles. The standard InChI is InChI=1S/CH5O5PS/c1-5-8-6-7(2,3)4/h1H3,(H2,2,3,4). The number of hydrogen-bond acceptors (Lipinski definition) is 4. The second-order valence-corrected chi connectivity index (χ2v) is 2.85. The first-order chi connectivity index (χ1) is 3.56. The van der Waals surface area contributed by atoms with Crippen LogP contribution in [0.25, 0.3) is 0 Å². The molecule has 0 aliphatic heterocycles. The van der Waals surface area contributed by atoms with E-state index in [1.165, 1.54) is 7.11 Å². The van der Waals surface area contributed by atoms with E-state index in [1.807, 2.05) is 0 Å². The van der Waals surface area contributed by atoms with E-state index in [0.717, 1.165) is 0 Å². The van der Waals surface area contributed by atoms with Gasteiger partial charge in [0, 0.05) is 0 Å². The summed E-state index contributed by atoms with van der Waals surface area (Å²) in [5.41, 5.74) is 0.